The lowest BCUT2D eigenvalue weighted by Crippen LogP contribution is -2.29. The van der Waals surface area contributed by atoms with Gasteiger partial charge >= 0.3 is 0 Å². The molecule has 3 aromatic rings. The topological polar surface area (TPSA) is 158 Å². The van der Waals surface area contributed by atoms with Crippen LogP contribution in [0, 0.1) is 11.3 Å². The number of hydrogen-bond donors (Lipinski definition) is 3. The Morgan fingerprint density at radius 2 is 2.11 bits per heavy atom. The SMILES string of the molecule is COCCNc1cc(NC(=O)c2cccc3cc(CN(C)C(=O)CO)c(C=O)nc23)ncc1C#N. The summed E-state index contributed by atoms with van der Waals surface area (Å²) in [6, 6.07) is 10.3. The average molecular weight is 476 g/mol. The smallest absolute Gasteiger partial charge is 0.259 e. The summed E-state index contributed by atoms with van der Waals surface area (Å²) < 4.78 is 5.00. The van der Waals surface area contributed by atoms with Crippen molar-refractivity contribution in [3.8, 4) is 6.07 Å². The first-order valence-corrected chi connectivity index (χ1v) is 10.6. The van der Waals surface area contributed by atoms with E-state index in [0.717, 1.165) is 0 Å². The van der Waals surface area contributed by atoms with Crippen molar-refractivity contribution < 1.29 is 24.2 Å². The van der Waals surface area contributed by atoms with Crippen LogP contribution in [0.3, 0.4) is 0 Å². The van der Waals surface area contributed by atoms with Gasteiger partial charge in [0.2, 0.25) is 5.91 Å². The Hall–Kier alpha value is -4.40. The van der Waals surface area contributed by atoms with Gasteiger partial charge in [0.1, 0.15) is 24.2 Å². The molecule has 11 heteroatoms. The fourth-order valence-corrected chi connectivity index (χ4v) is 3.36. The molecule has 0 fully saturated rings. The molecule has 180 valence electrons. The molecule has 0 unspecified atom stereocenters. The minimum absolute atomic E-state index is 0.0703. The summed E-state index contributed by atoms with van der Waals surface area (Å²) in [7, 11) is 3.07. The minimum atomic E-state index is -0.648. The van der Waals surface area contributed by atoms with Crippen molar-refractivity contribution in [2.45, 2.75) is 6.54 Å². The number of methoxy groups -OCH3 is 1. The zero-order valence-electron chi connectivity index (χ0n) is 19.2. The average Bonchev–Trinajstić information content (AvgIpc) is 2.87. The standard InChI is InChI=1S/C24H24N6O5/c1-30(22(33)14-32)12-16-8-15-4-3-5-18(23(15)28-20(16)13-31)24(34)29-21-9-19(26-6-7-35-2)17(10-25)11-27-21/h3-5,8-9,11,13,32H,6-7,12,14H2,1-2H3,(H2,26,27,29,34). The fourth-order valence-electron chi connectivity index (χ4n) is 3.36. The third-order valence-electron chi connectivity index (χ3n) is 5.17. The Balaban J connectivity index is 1.91. The number of amides is 2. The van der Waals surface area contributed by atoms with Gasteiger partial charge in [0.25, 0.3) is 5.91 Å². The lowest BCUT2D eigenvalue weighted by atomic mass is 10.0. The number of ether oxygens (including phenoxy) is 1. The summed E-state index contributed by atoms with van der Waals surface area (Å²) in [5, 5.41) is 24.7. The fraction of sp³-hybridized carbons (Fsp3) is 0.250. The molecule has 2 aromatic heterocycles. The number of hydrogen-bond acceptors (Lipinski definition) is 9. The highest BCUT2D eigenvalue weighted by Gasteiger charge is 2.17. The maximum absolute atomic E-state index is 13.1. The Labute approximate surface area is 201 Å². The number of pyridine rings is 2. The summed E-state index contributed by atoms with van der Waals surface area (Å²) in [6.07, 6.45) is 1.91. The number of carbonyl (C=O) groups is 3. The number of likely N-dealkylation sites (N-methyl/N-ethyl adjacent to an activating group) is 1. The molecule has 3 rings (SSSR count). The first-order chi connectivity index (χ1) is 16.9. The zero-order valence-corrected chi connectivity index (χ0v) is 19.2. The van der Waals surface area contributed by atoms with Crippen LogP contribution in [0.4, 0.5) is 11.5 Å². The number of fused-ring (bicyclic) bond motifs is 1. The van der Waals surface area contributed by atoms with Crippen molar-refractivity contribution in [2.24, 2.45) is 0 Å². The highest BCUT2D eigenvalue weighted by molar-refractivity contribution is 6.12. The van der Waals surface area contributed by atoms with Crippen LogP contribution < -0.4 is 10.6 Å². The molecule has 0 atom stereocenters. The van der Waals surface area contributed by atoms with E-state index in [4.69, 9.17) is 9.84 Å². The van der Waals surface area contributed by atoms with Crippen LogP contribution in [-0.2, 0) is 16.1 Å². The monoisotopic (exact) mass is 476 g/mol. The summed E-state index contributed by atoms with van der Waals surface area (Å²) in [4.78, 5) is 46.3. The summed E-state index contributed by atoms with van der Waals surface area (Å²) in [5.74, 6) is -0.774. The van der Waals surface area contributed by atoms with Crippen molar-refractivity contribution in [1.29, 1.82) is 5.26 Å². The van der Waals surface area contributed by atoms with Crippen LogP contribution in [0.15, 0.2) is 36.5 Å². The molecule has 0 aliphatic carbocycles. The van der Waals surface area contributed by atoms with Crippen LogP contribution in [0.2, 0.25) is 0 Å². The predicted molar refractivity (Wildman–Crippen MR) is 128 cm³/mol. The molecule has 11 nitrogen and oxygen atoms in total. The van der Waals surface area contributed by atoms with Gasteiger partial charge in [-0.05, 0) is 12.1 Å². The number of aromatic nitrogens is 2. The Kier molecular flexibility index (Phi) is 8.39. The van der Waals surface area contributed by atoms with E-state index < -0.39 is 18.4 Å². The minimum Gasteiger partial charge on any atom is -0.387 e. The number of anilines is 2. The number of nitrogens with zero attached hydrogens (tertiary/aromatic N) is 4. The molecule has 0 spiro atoms. The van der Waals surface area contributed by atoms with E-state index in [1.165, 1.54) is 18.1 Å². The predicted octanol–water partition coefficient (Wildman–Crippen LogP) is 1.58. The third-order valence-corrected chi connectivity index (χ3v) is 5.17. The molecular formula is C24H24N6O5. The van der Waals surface area contributed by atoms with Crippen LogP contribution in [0.5, 0.6) is 0 Å². The second kappa shape index (κ2) is 11.6. The first kappa shape index (κ1) is 25.2. The summed E-state index contributed by atoms with van der Waals surface area (Å²) >= 11 is 0. The molecule has 0 aliphatic heterocycles. The lowest BCUT2D eigenvalue weighted by molar-refractivity contribution is -0.133. The van der Waals surface area contributed by atoms with Crippen LogP contribution >= 0.6 is 0 Å². The molecule has 0 saturated heterocycles. The van der Waals surface area contributed by atoms with Gasteiger partial charge in [-0.2, -0.15) is 5.26 Å². The van der Waals surface area contributed by atoms with Crippen molar-refractivity contribution in [3.63, 3.8) is 0 Å². The van der Waals surface area contributed by atoms with Crippen molar-refractivity contribution >= 4 is 40.5 Å². The molecule has 2 amide bonds. The Morgan fingerprint density at radius 3 is 2.80 bits per heavy atom. The van der Waals surface area contributed by atoms with E-state index in [1.54, 1.807) is 37.4 Å². The largest absolute Gasteiger partial charge is 0.387 e. The summed E-state index contributed by atoms with van der Waals surface area (Å²) in [6.45, 7) is 0.319. The van der Waals surface area contributed by atoms with Gasteiger partial charge in [0, 0.05) is 50.5 Å². The van der Waals surface area contributed by atoms with Crippen molar-refractivity contribution in [2.75, 3.05) is 44.5 Å². The number of carbonyl (C=O) groups excluding carboxylic acids is 3. The van der Waals surface area contributed by atoms with Gasteiger partial charge in [-0.1, -0.05) is 12.1 Å². The molecule has 3 N–H and O–H groups in total. The highest BCUT2D eigenvalue weighted by Crippen LogP contribution is 2.23. The van der Waals surface area contributed by atoms with E-state index in [0.29, 0.717) is 47.2 Å². The third kappa shape index (κ3) is 5.94. The van der Waals surface area contributed by atoms with E-state index in [-0.39, 0.29) is 23.6 Å². The highest BCUT2D eigenvalue weighted by atomic mass is 16.5. The van der Waals surface area contributed by atoms with Gasteiger partial charge in [0.15, 0.2) is 6.29 Å². The lowest BCUT2D eigenvalue weighted by Gasteiger charge is -2.17. The number of aldehydes is 1. The van der Waals surface area contributed by atoms with Gasteiger partial charge in [-0.15, -0.1) is 0 Å². The molecule has 1 aromatic carbocycles. The number of nitriles is 1. The van der Waals surface area contributed by atoms with Crippen LogP contribution in [0.1, 0.15) is 32.0 Å². The summed E-state index contributed by atoms with van der Waals surface area (Å²) in [5.41, 5.74) is 1.90. The van der Waals surface area contributed by atoms with Crippen molar-refractivity contribution in [1.82, 2.24) is 14.9 Å². The van der Waals surface area contributed by atoms with Crippen LogP contribution in [0.25, 0.3) is 10.9 Å². The maximum Gasteiger partial charge on any atom is 0.259 e. The van der Waals surface area contributed by atoms with E-state index >= 15 is 0 Å². The van der Waals surface area contributed by atoms with E-state index in [9.17, 15) is 19.6 Å². The Bertz CT molecular complexity index is 1300. The molecule has 0 saturated carbocycles. The molecule has 35 heavy (non-hydrogen) atoms. The number of nitrogens with one attached hydrogen (secondary N) is 2. The quantitative estimate of drug-likeness (QED) is 0.292. The molecule has 2 heterocycles. The van der Waals surface area contributed by atoms with Gasteiger partial charge < -0.3 is 25.4 Å². The van der Waals surface area contributed by atoms with E-state index in [2.05, 4.69) is 20.6 Å². The maximum atomic E-state index is 13.1. The Morgan fingerprint density at radius 1 is 1.31 bits per heavy atom. The number of rotatable bonds is 10. The number of para-hydroxylation sites is 1. The second-order valence-electron chi connectivity index (χ2n) is 7.54. The molecule has 0 aliphatic rings. The number of aliphatic hydroxyl groups excluding tert-OH is 1. The number of aliphatic hydroxyl groups is 1. The molecule has 0 radical (unpaired) electrons. The van der Waals surface area contributed by atoms with Crippen LogP contribution in [-0.4, -0.2) is 72.0 Å². The van der Waals surface area contributed by atoms with Gasteiger partial charge in [0.05, 0.1) is 28.9 Å². The normalized spacial score (nSPS) is 10.5. The number of benzene rings is 1. The van der Waals surface area contributed by atoms with E-state index in [1.807, 2.05) is 6.07 Å². The van der Waals surface area contributed by atoms with Crippen molar-refractivity contribution in [3.05, 3.63) is 58.9 Å². The van der Waals surface area contributed by atoms with Gasteiger partial charge in [-0.3, -0.25) is 14.4 Å². The zero-order chi connectivity index (χ0) is 25.4. The first-order valence-electron chi connectivity index (χ1n) is 10.6. The molecular weight excluding hydrogens is 452 g/mol. The second-order valence-corrected chi connectivity index (χ2v) is 7.54. The molecule has 0 bridgehead atoms. The van der Waals surface area contributed by atoms with Gasteiger partial charge in [-0.25, -0.2) is 9.97 Å².